The summed E-state index contributed by atoms with van der Waals surface area (Å²) in [6, 6.07) is 6.83. The number of rotatable bonds is 2. The number of aromatic nitrogens is 2. The van der Waals surface area contributed by atoms with Crippen LogP contribution in [0.4, 0.5) is 0 Å². The van der Waals surface area contributed by atoms with Crippen LogP contribution in [0.25, 0.3) is 11.0 Å². The Balaban J connectivity index is 2.15. The van der Waals surface area contributed by atoms with E-state index >= 15 is 0 Å². The van der Waals surface area contributed by atoms with Crippen molar-refractivity contribution < 1.29 is 0 Å². The molecule has 2 nitrogen and oxygen atoms in total. The summed E-state index contributed by atoms with van der Waals surface area (Å²) < 4.78 is 3.43. The summed E-state index contributed by atoms with van der Waals surface area (Å²) in [7, 11) is 0. The Morgan fingerprint density at radius 1 is 1.53 bits per heavy atom. The molecule has 1 saturated heterocycles. The van der Waals surface area contributed by atoms with Gasteiger partial charge in [-0.2, -0.15) is 11.8 Å². The minimum absolute atomic E-state index is 0.0573. The Labute approximate surface area is 131 Å². The Hall–Kier alpha value is -0.190. The number of thioether (sulfide) groups is 1. The average molecular weight is 360 g/mol. The molecule has 102 valence electrons. The van der Waals surface area contributed by atoms with Gasteiger partial charge >= 0.3 is 0 Å². The van der Waals surface area contributed by atoms with Crippen molar-refractivity contribution in [1.29, 1.82) is 0 Å². The van der Waals surface area contributed by atoms with Crippen molar-refractivity contribution in [2.45, 2.75) is 31.2 Å². The summed E-state index contributed by atoms with van der Waals surface area (Å²) in [5.41, 5.74) is 2.24. The first kappa shape index (κ1) is 13.8. The second-order valence-electron chi connectivity index (χ2n) is 4.96. The van der Waals surface area contributed by atoms with E-state index in [0.29, 0.717) is 6.04 Å². The predicted molar refractivity (Wildman–Crippen MR) is 87.3 cm³/mol. The molecule has 0 N–H and O–H groups in total. The quantitative estimate of drug-likeness (QED) is 0.689. The largest absolute Gasteiger partial charge is 0.323 e. The minimum atomic E-state index is -0.0573. The maximum atomic E-state index is 6.34. The molecule has 2 atom stereocenters. The first-order valence-electron chi connectivity index (χ1n) is 6.56. The molecule has 19 heavy (non-hydrogen) atoms. The van der Waals surface area contributed by atoms with E-state index in [0.717, 1.165) is 21.6 Å². The normalized spacial score (nSPS) is 21.7. The summed E-state index contributed by atoms with van der Waals surface area (Å²) in [6.45, 7) is 2.00. The van der Waals surface area contributed by atoms with Gasteiger partial charge in [0.15, 0.2) is 0 Å². The molecular formula is C14H16BrClN2S. The van der Waals surface area contributed by atoms with Crippen LogP contribution < -0.4 is 0 Å². The van der Waals surface area contributed by atoms with Crippen LogP contribution >= 0.6 is 39.3 Å². The fourth-order valence-corrected chi connectivity index (χ4v) is 4.31. The van der Waals surface area contributed by atoms with Crippen molar-refractivity contribution in [3.05, 3.63) is 28.5 Å². The van der Waals surface area contributed by atoms with E-state index in [1.54, 1.807) is 0 Å². The van der Waals surface area contributed by atoms with Crippen molar-refractivity contribution in [2.75, 3.05) is 11.5 Å². The van der Waals surface area contributed by atoms with Crippen molar-refractivity contribution in [1.82, 2.24) is 9.55 Å². The zero-order valence-electron chi connectivity index (χ0n) is 10.8. The van der Waals surface area contributed by atoms with Crippen LogP contribution in [0.2, 0.25) is 0 Å². The van der Waals surface area contributed by atoms with E-state index in [1.165, 1.54) is 24.1 Å². The zero-order valence-corrected chi connectivity index (χ0v) is 13.9. The van der Waals surface area contributed by atoms with Gasteiger partial charge in [0, 0.05) is 16.3 Å². The molecule has 1 aliphatic rings. The molecule has 0 radical (unpaired) electrons. The Bertz CT molecular complexity index is 590. The molecule has 1 fully saturated rings. The second-order valence-corrected chi connectivity index (χ2v) is 7.68. The fourth-order valence-electron chi connectivity index (χ4n) is 2.68. The summed E-state index contributed by atoms with van der Waals surface area (Å²) in [5.74, 6) is 3.45. The highest BCUT2D eigenvalue weighted by atomic mass is 79.9. The lowest BCUT2D eigenvalue weighted by molar-refractivity contribution is 0.493. The lowest BCUT2D eigenvalue weighted by atomic mass is 10.1. The molecule has 0 spiro atoms. The van der Waals surface area contributed by atoms with Crippen LogP contribution in [-0.2, 0) is 0 Å². The lowest BCUT2D eigenvalue weighted by Crippen LogP contribution is -2.18. The summed E-state index contributed by atoms with van der Waals surface area (Å²) in [5, 5.41) is -0.0573. The van der Waals surface area contributed by atoms with Crippen LogP contribution in [0.1, 0.15) is 37.0 Å². The highest BCUT2D eigenvalue weighted by Crippen LogP contribution is 2.35. The Morgan fingerprint density at radius 3 is 3.05 bits per heavy atom. The van der Waals surface area contributed by atoms with Gasteiger partial charge in [-0.3, -0.25) is 0 Å². The summed E-state index contributed by atoms with van der Waals surface area (Å²) in [4.78, 5) is 4.74. The van der Waals surface area contributed by atoms with E-state index in [2.05, 4.69) is 38.7 Å². The molecule has 1 aliphatic heterocycles. The molecule has 0 bridgehead atoms. The van der Waals surface area contributed by atoms with Gasteiger partial charge in [-0.1, -0.05) is 15.9 Å². The average Bonchev–Trinajstić information content (AvgIpc) is 2.78. The van der Waals surface area contributed by atoms with E-state index in [1.807, 2.05) is 18.7 Å². The molecule has 5 heteroatoms. The first-order valence-corrected chi connectivity index (χ1v) is 8.94. The van der Waals surface area contributed by atoms with Crippen molar-refractivity contribution in [3.63, 3.8) is 0 Å². The number of fused-ring (bicyclic) bond motifs is 1. The smallest absolute Gasteiger partial charge is 0.127 e. The number of imidazole rings is 1. The monoisotopic (exact) mass is 358 g/mol. The molecule has 2 aromatic rings. The van der Waals surface area contributed by atoms with E-state index in [9.17, 15) is 0 Å². The van der Waals surface area contributed by atoms with Crippen molar-refractivity contribution in [2.24, 2.45) is 0 Å². The number of halogens is 2. The Kier molecular flexibility index (Phi) is 4.11. The third-order valence-electron chi connectivity index (χ3n) is 3.54. The van der Waals surface area contributed by atoms with Crippen molar-refractivity contribution >= 4 is 50.3 Å². The van der Waals surface area contributed by atoms with Gasteiger partial charge in [-0.25, -0.2) is 4.98 Å². The molecule has 2 heterocycles. The zero-order chi connectivity index (χ0) is 13.4. The molecule has 0 aliphatic carbocycles. The van der Waals surface area contributed by atoms with Gasteiger partial charge in [-0.05, 0) is 43.7 Å². The van der Waals surface area contributed by atoms with Crippen molar-refractivity contribution in [3.8, 4) is 0 Å². The molecule has 0 saturated carbocycles. The van der Waals surface area contributed by atoms with Gasteiger partial charge in [0.25, 0.3) is 0 Å². The van der Waals surface area contributed by atoms with Gasteiger partial charge in [-0.15, -0.1) is 11.6 Å². The highest BCUT2D eigenvalue weighted by molar-refractivity contribution is 9.10. The minimum Gasteiger partial charge on any atom is -0.323 e. The third kappa shape index (κ3) is 2.67. The third-order valence-corrected chi connectivity index (χ3v) is 5.42. The maximum Gasteiger partial charge on any atom is 0.127 e. The van der Waals surface area contributed by atoms with E-state index < -0.39 is 0 Å². The number of hydrogen-bond acceptors (Lipinski definition) is 2. The molecule has 0 amide bonds. The predicted octanol–water partition coefficient (Wildman–Crippen LogP) is 5.17. The van der Waals surface area contributed by atoms with Gasteiger partial charge in [0.05, 0.1) is 16.4 Å². The summed E-state index contributed by atoms with van der Waals surface area (Å²) in [6.07, 6.45) is 2.51. The molecule has 2 unspecified atom stereocenters. The number of hydrogen-bond donors (Lipinski definition) is 0. The Morgan fingerprint density at radius 2 is 2.37 bits per heavy atom. The van der Waals surface area contributed by atoms with Gasteiger partial charge < -0.3 is 4.57 Å². The van der Waals surface area contributed by atoms with Gasteiger partial charge in [0.2, 0.25) is 0 Å². The molecule has 1 aromatic heterocycles. The second kappa shape index (κ2) is 5.66. The first-order chi connectivity index (χ1) is 9.16. The van der Waals surface area contributed by atoms with Crippen LogP contribution in [0.5, 0.6) is 0 Å². The summed E-state index contributed by atoms with van der Waals surface area (Å²) >= 11 is 11.9. The van der Waals surface area contributed by atoms with Crippen LogP contribution in [0.3, 0.4) is 0 Å². The number of alkyl halides is 1. The standard InChI is InChI=1S/C14H16BrClN2S/c1-9(16)14-17-12-7-10(15)4-5-13(12)18(14)11-3-2-6-19-8-11/h4-5,7,9,11H,2-3,6,8H2,1H3. The highest BCUT2D eigenvalue weighted by Gasteiger charge is 2.23. The number of benzene rings is 1. The maximum absolute atomic E-state index is 6.34. The van der Waals surface area contributed by atoms with Crippen LogP contribution in [0, 0.1) is 0 Å². The SMILES string of the molecule is CC(Cl)c1nc2cc(Br)ccc2n1C1CCCSC1. The number of nitrogens with zero attached hydrogens (tertiary/aromatic N) is 2. The van der Waals surface area contributed by atoms with E-state index in [4.69, 9.17) is 16.6 Å². The van der Waals surface area contributed by atoms with Crippen LogP contribution in [-0.4, -0.2) is 21.1 Å². The van der Waals surface area contributed by atoms with Gasteiger partial charge in [0.1, 0.15) is 5.82 Å². The molecular weight excluding hydrogens is 344 g/mol. The topological polar surface area (TPSA) is 17.8 Å². The molecule has 1 aromatic carbocycles. The van der Waals surface area contributed by atoms with E-state index in [-0.39, 0.29) is 5.38 Å². The molecule has 3 rings (SSSR count). The fraction of sp³-hybridized carbons (Fsp3) is 0.500. The lowest BCUT2D eigenvalue weighted by Gasteiger charge is -2.25. The van der Waals surface area contributed by atoms with Crippen LogP contribution in [0.15, 0.2) is 22.7 Å².